The summed E-state index contributed by atoms with van der Waals surface area (Å²) in [6.45, 7) is 7.22. The standard InChI is InChI=1S/C12H26N2S/c1-3-13-12-7-6-9-14(11-12)8-4-5-10-15-2/h12-13H,3-11H2,1-2H3. The fraction of sp³-hybridized carbons (Fsp3) is 1.00. The molecule has 2 nitrogen and oxygen atoms in total. The van der Waals surface area contributed by atoms with Crippen LogP contribution in [0.4, 0.5) is 0 Å². The number of nitrogens with zero attached hydrogens (tertiary/aromatic N) is 1. The number of piperidine rings is 1. The van der Waals surface area contributed by atoms with E-state index in [2.05, 4.69) is 23.4 Å². The molecule has 90 valence electrons. The second-order valence-electron chi connectivity index (χ2n) is 4.40. The molecule has 0 spiro atoms. The molecule has 1 atom stereocenters. The van der Waals surface area contributed by atoms with E-state index in [4.69, 9.17) is 0 Å². The lowest BCUT2D eigenvalue weighted by molar-refractivity contribution is 0.190. The van der Waals surface area contributed by atoms with Gasteiger partial charge < -0.3 is 10.2 Å². The highest BCUT2D eigenvalue weighted by atomic mass is 32.2. The van der Waals surface area contributed by atoms with E-state index in [-0.39, 0.29) is 0 Å². The fourth-order valence-corrected chi connectivity index (χ4v) is 2.79. The van der Waals surface area contributed by atoms with E-state index in [1.165, 1.54) is 51.1 Å². The number of unbranched alkanes of at least 4 members (excludes halogenated alkanes) is 1. The summed E-state index contributed by atoms with van der Waals surface area (Å²) in [4.78, 5) is 2.64. The van der Waals surface area contributed by atoms with Crippen molar-refractivity contribution < 1.29 is 0 Å². The van der Waals surface area contributed by atoms with Crippen molar-refractivity contribution in [2.45, 2.75) is 38.6 Å². The zero-order valence-corrected chi connectivity index (χ0v) is 11.1. The van der Waals surface area contributed by atoms with Gasteiger partial charge in [-0.3, -0.25) is 0 Å². The Kier molecular flexibility index (Phi) is 7.49. The van der Waals surface area contributed by atoms with Crippen LogP contribution in [0.3, 0.4) is 0 Å². The average Bonchev–Trinajstić information content (AvgIpc) is 2.26. The van der Waals surface area contributed by atoms with Gasteiger partial charge in [0.05, 0.1) is 0 Å². The maximum absolute atomic E-state index is 3.57. The van der Waals surface area contributed by atoms with Crippen LogP contribution < -0.4 is 5.32 Å². The highest BCUT2D eigenvalue weighted by Crippen LogP contribution is 2.11. The number of nitrogens with one attached hydrogen (secondary N) is 1. The van der Waals surface area contributed by atoms with Crippen LogP contribution in [0, 0.1) is 0 Å². The number of likely N-dealkylation sites (tertiary alicyclic amines) is 1. The van der Waals surface area contributed by atoms with Gasteiger partial charge in [-0.05, 0) is 57.3 Å². The average molecular weight is 230 g/mol. The first kappa shape index (κ1) is 13.3. The Labute approximate surface area is 99.2 Å². The van der Waals surface area contributed by atoms with Crippen molar-refractivity contribution in [2.75, 3.05) is 38.2 Å². The molecular formula is C12H26N2S. The van der Waals surface area contributed by atoms with Crippen molar-refractivity contribution in [1.29, 1.82) is 0 Å². The van der Waals surface area contributed by atoms with Crippen LogP contribution >= 0.6 is 11.8 Å². The third-order valence-electron chi connectivity index (χ3n) is 3.07. The van der Waals surface area contributed by atoms with Gasteiger partial charge >= 0.3 is 0 Å². The quantitative estimate of drug-likeness (QED) is 0.675. The molecule has 1 rings (SSSR count). The second-order valence-corrected chi connectivity index (χ2v) is 5.38. The third kappa shape index (κ3) is 5.79. The summed E-state index contributed by atoms with van der Waals surface area (Å²) in [5.74, 6) is 1.32. The number of hydrogen-bond acceptors (Lipinski definition) is 3. The minimum Gasteiger partial charge on any atom is -0.313 e. The predicted octanol–water partition coefficient (Wildman–Crippen LogP) is 2.20. The number of thioether (sulfide) groups is 1. The lowest BCUT2D eigenvalue weighted by Gasteiger charge is -2.33. The first-order chi connectivity index (χ1) is 7.36. The van der Waals surface area contributed by atoms with E-state index in [1.807, 2.05) is 11.8 Å². The molecule has 0 aromatic carbocycles. The maximum atomic E-state index is 3.57. The van der Waals surface area contributed by atoms with Crippen molar-refractivity contribution >= 4 is 11.8 Å². The Morgan fingerprint density at radius 2 is 2.27 bits per heavy atom. The van der Waals surface area contributed by atoms with Gasteiger partial charge in [0.1, 0.15) is 0 Å². The van der Waals surface area contributed by atoms with Gasteiger partial charge in [0, 0.05) is 12.6 Å². The number of hydrogen-bond donors (Lipinski definition) is 1. The molecule has 0 bridgehead atoms. The second kappa shape index (κ2) is 8.43. The third-order valence-corrected chi connectivity index (χ3v) is 3.77. The molecule has 1 saturated heterocycles. The van der Waals surface area contributed by atoms with E-state index < -0.39 is 0 Å². The molecule has 1 N–H and O–H groups in total. The minimum absolute atomic E-state index is 0.754. The highest BCUT2D eigenvalue weighted by Gasteiger charge is 2.17. The first-order valence-electron chi connectivity index (χ1n) is 6.31. The van der Waals surface area contributed by atoms with Gasteiger partial charge in [0.2, 0.25) is 0 Å². The summed E-state index contributed by atoms with van der Waals surface area (Å²) in [5.41, 5.74) is 0. The molecule has 0 aromatic rings. The zero-order chi connectivity index (χ0) is 10.9. The normalized spacial score (nSPS) is 23.2. The zero-order valence-electron chi connectivity index (χ0n) is 10.3. The van der Waals surface area contributed by atoms with Crippen LogP contribution in [0.15, 0.2) is 0 Å². The summed E-state index contributed by atoms with van der Waals surface area (Å²) in [5, 5.41) is 3.57. The Balaban J connectivity index is 2.07. The molecular weight excluding hydrogens is 204 g/mol. The molecule has 3 heteroatoms. The molecule has 1 unspecified atom stereocenters. The van der Waals surface area contributed by atoms with Crippen LogP contribution in [-0.4, -0.2) is 49.1 Å². The Bertz CT molecular complexity index is 151. The van der Waals surface area contributed by atoms with E-state index >= 15 is 0 Å². The van der Waals surface area contributed by atoms with Gasteiger partial charge in [0.25, 0.3) is 0 Å². The van der Waals surface area contributed by atoms with Gasteiger partial charge in [0.15, 0.2) is 0 Å². The maximum Gasteiger partial charge on any atom is 0.0195 e. The molecule has 1 aliphatic heterocycles. The molecule has 0 aliphatic carbocycles. The largest absolute Gasteiger partial charge is 0.313 e. The van der Waals surface area contributed by atoms with Crippen LogP contribution in [0.2, 0.25) is 0 Å². The van der Waals surface area contributed by atoms with Gasteiger partial charge in [-0.15, -0.1) is 0 Å². The molecule has 1 fully saturated rings. The van der Waals surface area contributed by atoms with Crippen molar-refractivity contribution in [3.8, 4) is 0 Å². The van der Waals surface area contributed by atoms with Gasteiger partial charge in [-0.25, -0.2) is 0 Å². The topological polar surface area (TPSA) is 15.3 Å². The van der Waals surface area contributed by atoms with Gasteiger partial charge in [-0.1, -0.05) is 6.92 Å². The van der Waals surface area contributed by atoms with Crippen molar-refractivity contribution in [2.24, 2.45) is 0 Å². The van der Waals surface area contributed by atoms with E-state index in [9.17, 15) is 0 Å². The molecule has 0 aromatic heterocycles. The van der Waals surface area contributed by atoms with Crippen LogP contribution in [0.25, 0.3) is 0 Å². The van der Waals surface area contributed by atoms with Crippen molar-refractivity contribution in [1.82, 2.24) is 10.2 Å². The number of likely N-dealkylation sites (N-methyl/N-ethyl adjacent to an activating group) is 1. The summed E-state index contributed by atoms with van der Waals surface area (Å²) < 4.78 is 0. The Morgan fingerprint density at radius 1 is 1.40 bits per heavy atom. The lowest BCUT2D eigenvalue weighted by Crippen LogP contribution is -2.45. The molecule has 1 heterocycles. The minimum atomic E-state index is 0.754. The van der Waals surface area contributed by atoms with Crippen molar-refractivity contribution in [3.63, 3.8) is 0 Å². The van der Waals surface area contributed by atoms with Crippen LogP contribution in [-0.2, 0) is 0 Å². The van der Waals surface area contributed by atoms with E-state index in [0.717, 1.165) is 12.6 Å². The fourth-order valence-electron chi connectivity index (χ4n) is 2.30. The van der Waals surface area contributed by atoms with Crippen LogP contribution in [0.1, 0.15) is 32.6 Å². The summed E-state index contributed by atoms with van der Waals surface area (Å²) in [6, 6.07) is 0.754. The summed E-state index contributed by atoms with van der Waals surface area (Å²) in [7, 11) is 0. The smallest absolute Gasteiger partial charge is 0.0195 e. The van der Waals surface area contributed by atoms with Gasteiger partial charge in [-0.2, -0.15) is 11.8 Å². The van der Waals surface area contributed by atoms with Crippen molar-refractivity contribution in [3.05, 3.63) is 0 Å². The SMILES string of the molecule is CCNC1CCCN(CCCCSC)C1. The predicted molar refractivity (Wildman–Crippen MR) is 70.8 cm³/mol. The Morgan fingerprint density at radius 3 is 3.00 bits per heavy atom. The highest BCUT2D eigenvalue weighted by molar-refractivity contribution is 7.98. The summed E-state index contributed by atoms with van der Waals surface area (Å²) >= 11 is 1.97. The summed E-state index contributed by atoms with van der Waals surface area (Å²) in [6.07, 6.45) is 7.70. The molecule has 0 radical (unpaired) electrons. The lowest BCUT2D eigenvalue weighted by atomic mass is 10.1. The Hall–Kier alpha value is 0.270. The number of rotatable bonds is 7. The molecule has 15 heavy (non-hydrogen) atoms. The van der Waals surface area contributed by atoms with Crippen LogP contribution in [0.5, 0.6) is 0 Å². The van der Waals surface area contributed by atoms with E-state index in [1.54, 1.807) is 0 Å². The molecule has 0 saturated carbocycles. The van der Waals surface area contributed by atoms with E-state index in [0.29, 0.717) is 0 Å². The molecule has 1 aliphatic rings. The molecule has 0 amide bonds. The first-order valence-corrected chi connectivity index (χ1v) is 7.71. The monoisotopic (exact) mass is 230 g/mol.